The van der Waals surface area contributed by atoms with Crippen molar-refractivity contribution in [1.29, 1.82) is 0 Å². The molecule has 5 nitrogen and oxygen atoms in total. The second-order valence-electron chi connectivity index (χ2n) is 2.99. The van der Waals surface area contributed by atoms with Crippen LogP contribution in [0.5, 0.6) is 0 Å². The van der Waals surface area contributed by atoms with Gasteiger partial charge < -0.3 is 5.73 Å². The Hall–Kier alpha value is -1.75. The van der Waals surface area contributed by atoms with Gasteiger partial charge in [0, 0.05) is 6.54 Å². The van der Waals surface area contributed by atoms with Gasteiger partial charge >= 0.3 is 0 Å². The number of nitrogens with one attached hydrogen (secondary N) is 1. The van der Waals surface area contributed by atoms with E-state index in [0.717, 1.165) is 5.56 Å². The first-order valence-electron chi connectivity index (χ1n) is 4.40. The van der Waals surface area contributed by atoms with E-state index in [4.69, 9.17) is 5.73 Å². The molecule has 14 heavy (non-hydrogen) atoms. The van der Waals surface area contributed by atoms with Crippen LogP contribution in [-0.4, -0.2) is 27.2 Å². The number of rotatable bonds is 3. The smallest absolute Gasteiger partial charge is 0.157 e. The van der Waals surface area contributed by atoms with Gasteiger partial charge in [-0.1, -0.05) is 30.3 Å². The zero-order valence-corrected chi connectivity index (χ0v) is 7.59. The minimum Gasteiger partial charge on any atom is -0.329 e. The summed E-state index contributed by atoms with van der Waals surface area (Å²) in [5, 5.41) is 13.7. The molecule has 5 heteroatoms. The van der Waals surface area contributed by atoms with Gasteiger partial charge in [-0.2, -0.15) is 0 Å². The standard InChI is InChI=1S/C9H11N5/c10-6-8(9-11-13-14-12-9)7-4-2-1-3-5-7/h1-5,8H,6,10H2,(H,11,12,13,14). The molecule has 0 spiro atoms. The van der Waals surface area contributed by atoms with Gasteiger partial charge in [-0.15, -0.1) is 5.10 Å². The fourth-order valence-corrected chi connectivity index (χ4v) is 1.41. The van der Waals surface area contributed by atoms with E-state index in [1.807, 2.05) is 30.3 Å². The van der Waals surface area contributed by atoms with Gasteiger partial charge in [-0.3, -0.25) is 0 Å². The van der Waals surface area contributed by atoms with E-state index in [2.05, 4.69) is 20.6 Å². The van der Waals surface area contributed by atoms with Crippen LogP contribution in [0.1, 0.15) is 17.3 Å². The molecular formula is C9H11N5. The van der Waals surface area contributed by atoms with Gasteiger partial charge in [-0.05, 0) is 16.0 Å². The molecule has 3 N–H and O–H groups in total. The van der Waals surface area contributed by atoms with Crippen LogP contribution in [0.3, 0.4) is 0 Å². The first-order chi connectivity index (χ1) is 6.92. The van der Waals surface area contributed by atoms with Crippen molar-refractivity contribution in [2.75, 3.05) is 6.54 Å². The molecule has 0 saturated carbocycles. The number of aromatic amines is 1. The highest BCUT2D eigenvalue weighted by Crippen LogP contribution is 2.18. The van der Waals surface area contributed by atoms with Crippen LogP contribution in [0.4, 0.5) is 0 Å². The molecule has 1 aromatic carbocycles. The molecule has 2 aromatic rings. The third kappa shape index (κ3) is 1.62. The Bertz CT molecular complexity index is 369. The summed E-state index contributed by atoms with van der Waals surface area (Å²) in [6.45, 7) is 0.487. The second-order valence-corrected chi connectivity index (χ2v) is 2.99. The third-order valence-electron chi connectivity index (χ3n) is 2.13. The molecule has 0 saturated heterocycles. The van der Waals surface area contributed by atoms with Crippen LogP contribution < -0.4 is 5.73 Å². The maximum Gasteiger partial charge on any atom is 0.157 e. The fourth-order valence-electron chi connectivity index (χ4n) is 1.41. The normalized spacial score (nSPS) is 12.6. The summed E-state index contributed by atoms with van der Waals surface area (Å²) < 4.78 is 0. The number of H-pyrrole nitrogens is 1. The van der Waals surface area contributed by atoms with Crippen molar-refractivity contribution in [3.05, 3.63) is 41.7 Å². The number of nitrogens with zero attached hydrogens (tertiary/aromatic N) is 3. The van der Waals surface area contributed by atoms with Crippen molar-refractivity contribution in [2.45, 2.75) is 5.92 Å². The van der Waals surface area contributed by atoms with Crippen molar-refractivity contribution in [3.8, 4) is 0 Å². The third-order valence-corrected chi connectivity index (χ3v) is 2.13. The van der Waals surface area contributed by atoms with Crippen LogP contribution in [-0.2, 0) is 0 Å². The quantitative estimate of drug-likeness (QED) is 0.727. The van der Waals surface area contributed by atoms with Crippen molar-refractivity contribution in [2.24, 2.45) is 5.73 Å². The maximum atomic E-state index is 5.68. The maximum absolute atomic E-state index is 5.68. The number of hydrogen-bond donors (Lipinski definition) is 2. The predicted octanol–water partition coefficient (Wildman–Crippen LogP) is 0.290. The lowest BCUT2D eigenvalue weighted by Gasteiger charge is -2.10. The van der Waals surface area contributed by atoms with E-state index in [-0.39, 0.29) is 5.92 Å². The highest BCUT2D eigenvalue weighted by atomic mass is 15.5. The van der Waals surface area contributed by atoms with Gasteiger partial charge in [0.25, 0.3) is 0 Å². The van der Waals surface area contributed by atoms with Crippen molar-refractivity contribution >= 4 is 0 Å². The fraction of sp³-hybridized carbons (Fsp3) is 0.222. The summed E-state index contributed by atoms with van der Waals surface area (Å²) in [6.07, 6.45) is 0. The van der Waals surface area contributed by atoms with E-state index in [0.29, 0.717) is 12.4 Å². The van der Waals surface area contributed by atoms with Crippen molar-refractivity contribution in [3.63, 3.8) is 0 Å². The van der Waals surface area contributed by atoms with Gasteiger partial charge in [0.05, 0.1) is 5.92 Å². The molecule has 0 bridgehead atoms. The first kappa shape index (κ1) is 8.83. The molecule has 0 fully saturated rings. The molecule has 1 aromatic heterocycles. The van der Waals surface area contributed by atoms with E-state index < -0.39 is 0 Å². The lowest BCUT2D eigenvalue weighted by molar-refractivity contribution is 0.753. The number of nitrogens with two attached hydrogens (primary N) is 1. The Morgan fingerprint density at radius 3 is 2.64 bits per heavy atom. The summed E-state index contributed by atoms with van der Waals surface area (Å²) in [6, 6.07) is 9.94. The van der Waals surface area contributed by atoms with E-state index in [1.54, 1.807) is 0 Å². The summed E-state index contributed by atoms with van der Waals surface area (Å²) in [4.78, 5) is 0. The van der Waals surface area contributed by atoms with Gasteiger partial charge in [0.2, 0.25) is 0 Å². The zero-order valence-electron chi connectivity index (χ0n) is 7.59. The molecule has 0 aliphatic rings. The molecule has 0 aliphatic heterocycles. The molecule has 0 amide bonds. The Labute approximate surface area is 81.3 Å². The summed E-state index contributed by atoms with van der Waals surface area (Å²) in [5.74, 6) is 0.755. The van der Waals surface area contributed by atoms with Gasteiger partial charge in [0.1, 0.15) is 0 Å². The zero-order chi connectivity index (χ0) is 9.80. The minimum absolute atomic E-state index is 0.0474. The lowest BCUT2D eigenvalue weighted by Crippen LogP contribution is -2.15. The Balaban J connectivity index is 2.31. The first-order valence-corrected chi connectivity index (χ1v) is 4.40. The molecule has 2 rings (SSSR count). The Kier molecular flexibility index (Phi) is 2.51. The highest BCUT2D eigenvalue weighted by Gasteiger charge is 2.15. The van der Waals surface area contributed by atoms with Crippen LogP contribution >= 0.6 is 0 Å². The highest BCUT2D eigenvalue weighted by molar-refractivity contribution is 5.24. The number of aromatic nitrogens is 4. The van der Waals surface area contributed by atoms with Crippen LogP contribution in [0.2, 0.25) is 0 Å². The topological polar surface area (TPSA) is 80.5 Å². The van der Waals surface area contributed by atoms with E-state index in [1.165, 1.54) is 0 Å². The Morgan fingerprint density at radius 2 is 2.07 bits per heavy atom. The number of benzene rings is 1. The van der Waals surface area contributed by atoms with Gasteiger partial charge in [-0.25, -0.2) is 5.10 Å². The largest absolute Gasteiger partial charge is 0.329 e. The molecular weight excluding hydrogens is 178 g/mol. The summed E-state index contributed by atoms with van der Waals surface area (Å²) in [7, 11) is 0. The molecule has 1 unspecified atom stereocenters. The molecule has 1 atom stereocenters. The van der Waals surface area contributed by atoms with Crippen molar-refractivity contribution < 1.29 is 0 Å². The number of hydrogen-bond acceptors (Lipinski definition) is 4. The van der Waals surface area contributed by atoms with E-state index in [9.17, 15) is 0 Å². The summed E-state index contributed by atoms with van der Waals surface area (Å²) >= 11 is 0. The summed E-state index contributed by atoms with van der Waals surface area (Å²) in [5.41, 5.74) is 6.80. The van der Waals surface area contributed by atoms with Crippen LogP contribution in [0.15, 0.2) is 30.3 Å². The number of tetrazole rings is 1. The molecule has 0 aliphatic carbocycles. The average molecular weight is 189 g/mol. The SMILES string of the molecule is NCC(c1ccccc1)c1nnn[nH]1. The predicted molar refractivity (Wildman–Crippen MR) is 51.5 cm³/mol. The average Bonchev–Trinajstić information content (AvgIpc) is 2.74. The second kappa shape index (κ2) is 3.97. The lowest BCUT2D eigenvalue weighted by atomic mass is 9.99. The molecule has 72 valence electrons. The van der Waals surface area contributed by atoms with Gasteiger partial charge in [0.15, 0.2) is 5.82 Å². The van der Waals surface area contributed by atoms with Crippen LogP contribution in [0.25, 0.3) is 0 Å². The monoisotopic (exact) mass is 189 g/mol. The van der Waals surface area contributed by atoms with E-state index >= 15 is 0 Å². The van der Waals surface area contributed by atoms with Crippen molar-refractivity contribution in [1.82, 2.24) is 20.6 Å². The molecule has 1 heterocycles. The minimum atomic E-state index is 0.0474. The molecule has 0 radical (unpaired) electrons. The van der Waals surface area contributed by atoms with Crippen LogP contribution in [0, 0.1) is 0 Å². The Morgan fingerprint density at radius 1 is 1.29 bits per heavy atom.